The first-order valence-electron chi connectivity index (χ1n) is 11.8. The highest BCUT2D eigenvalue weighted by atomic mass is 79.9. The number of allylic oxidation sites excluding steroid dienone is 2. The van der Waals surface area contributed by atoms with E-state index in [9.17, 15) is 24.3 Å². The number of anilines is 1. The van der Waals surface area contributed by atoms with Crippen LogP contribution in [0.5, 0.6) is 5.75 Å². The van der Waals surface area contributed by atoms with Crippen LogP contribution in [0, 0.1) is 17.8 Å². The van der Waals surface area contributed by atoms with Crippen LogP contribution >= 0.6 is 39.1 Å². The van der Waals surface area contributed by atoms with Gasteiger partial charge in [-0.2, -0.15) is 0 Å². The summed E-state index contributed by atoms with van der Waals surface area (Å²) >= 11 is 17.6. The number of nitrogens with zero attached hydrogens (tertiary/aromatic N) is 2. The summed E-state index contributed by atoms with van der Waals surface area (Å²) in [5, 5.41) is 10.9. The summed E-state index contributed by atoms with van der Waals surface area (Å²) in [5.74, 6) is -5.19. The van der Waals surface area contributed by atoms with Crippen LogP contribution in [0.4, 0.5) is 5.69 Å². The maximum absolute atomic E-state index is 13.8. The maximum Gasteiger partial charge on any atom is 0.253 e. The normalized spacial score (nSPS) is 34.9. The third-order valence-corrected chi connectivity index (χ3v) is 10.2. The molecule has 2 aliphatic heterocycles. The number of fused-ring (bicyclic) bond motifs is 4. The van der Waals surface area contributed by atoms with E-state index in [1.807, 2.05) is 6.08 Å². The number of para-hydroxylation sites is 1. The Labute approximate surface area is 231 Å². The van der Waals surface area contributed by atoms with E-state index in [-0.39, 0.29) is 30.4 Å². The minimum Gasteiger partial charge on any atom is -0.508 e. The molecule has 0 bridgehead atoms. The van der Waals surface area contributed by atoms with Gasteiger partial charge in [0.1, 0.15) is 5.75 Å². The van der Waals surface area contributed by atoms with Gasteiger partial charge in [0.05, 0.1) is 17.5 Å². The largest absolute Gasteiger partial charge is 0.508 e. The Morgan fingerprint density at radius 3 is 2.38 bits per heavy atom. The number of aromatic hydroxyl groups is 1. The maximum atomic E-state index is 13.8. The zero-order chi connectivity index (χ0) is 26.4. The Bertz CT molecular complexity index is 1430. The molecule has 10 heteroatoms. The van der Waals surface area contributed by atoms with Crippen molar-refractivity contribution in [2.75, 3.05) is 11.9 Å². The SMILES string of the molecule is CN1C(=O)C2(Cl)CC3C(=CCC4C(=O)N(c5ccccc5)C(=O)C43)C(c3cc(Br)ccc3O)C2(Cl)C1=O. The van der Waals surface area contributed by atoms with Crippen LogP contribution in [0.15, 0.2) is 64.7 Å². The molecule has 37 heavy (non-hydrogen) atoms. The lowest BCUT2D eigenvalue weighted by molar-refractivity contribution is -0.138. The third kappa shape index (κ3) is 3.06. The summed E-state index contributed by atoms with van der Waals surface area (Å²) in [7, 11) is 1.33. The summed E-state index contributed by atoms with van der Waals surface area (Å²) in [5.41, 5.74) is 1.43. The monoisotopic (exact) mass is 602 g/mol. The quantitative estimate of drug-likeness (QED) is 0.313. The summed E-state index contributed by atoms with van der Waals surface area (Å²) in [4.78, 5) is 52.6. The second kappa shape index (κ2) is 8.16. The summed E-state index contributed by atoms with van der Waals surface area (Å²) in [6.45, 7) is 0. The average molecular weight is 604 g/mol. The molecule has 6 rings (SSSR count). The number of benzene rings is 2. The van der Waals surface area contributed by atoms with E-state index < -0.39 is 45.2 Å². The lowest BCUT2D eigenvalue weighted by atomic mass is 9.56. The number of carbonyl (C=O) groups excluding carboxylic acids is 4. The van der Waals surface area contributed by atoms with Gasteiger partial charge in [-0.3, -0.25) is 29.0 Å². The molecule has 3 fully saturated rings. The van der Waals surface area contributed by atoms with Crippen molar-refractivity contribution in [3.63, 3.8) is 0 Å². The lowest BCUT2D eigenvalue weighted by Crippen LogP contribution is -2.60. The minimum atomic E-state index is -1.93. The van der Waals surface area contributed by atoms with Gasteiger partial charge in [-0.1, -0.05) is 45.8 Å². The first kappa shape index (κ1) is 24.6. The van der Waals surface area contributed by atoms with Gasteiger partial charge >= 0.3 is 0 Å². The topological polar surface area (TPSA) is 95.0 Å². The summed E-state index contributed by atoms with van der Waals surface area (Å²) in [6, 6.07) is 13.5. The van der Waals surface area contributed by atoms with E-state index in [0.29, 0.717) is 21.3 Å². The predicted octanol–water partition coefficient (Wildman–Crippen LogP) is 4.35. The van der Waals surface area contributed by atoms with Crippen molar-refractivity contribution >= 4 is 68.4 Å². The van der Waals surface area contributed by atoms with Crippen molar-refractivity contribution in [1.82, 2.24) is 4.90 Å². The fourth-order valence-corrected chi connectivity index (χ4v) is 8.07. The number of likely N-dealkylation sites (tertiary alicyclic amines) is 1. The molecule has 190 valence electrons. The summed E-state index contributed by atoms with van der Waals surface area (Å²) < 4.78 is 0.629. The molecule has 4 amide bonds. The van der Waals surface area contributed by atoms with Crippen LogP contribution in [0.1, 0.15) is 24.3 Å². The van der Waals surface area contributed by atoms with Crippen LogP contribution in [0.25, 0.3) is 0 Å². The Balaban J connectivity index is 1.55. The standard InChI is InChI=1S/C27H21BrCl2N2O5/c1-31-24(36)26(29)12-18-15(21(27(26,30)25(31)37)17-11-13(28)7-10-19(17)33)8-9-16-20(18)23(35)32(22(16)34)14-5-3-2-4-6-14/h2-8,10-11,16,18,20-21,33H,9,12H2,1H3. The van der Waals surface area contributed by atoms with E-state index in [4.69, 9.17) is 23.2 Å². The highest BCUT2D eigenvalue weighted by molar-refractivity contribution is 9.10. The molecular formula is C27H21BrCl2N2O5. The molecule has 1 saturated carbocycles. The van der Waals surface area contributed by atoms with E-state index in [2.05, 4.69) is 15.9 Å². The molecule has 1 N–H and O–H groups in total. The van der Waals surface area contributed by atoms with Gasteiger partial charge in [-0.15, -0.1) is 23.2 Å². The second-order valence-corrected chi connectivity index (χ2v) is 12.2. The summed E-state index contributed by atoms with van der Waals surface area (Å²) in [6.07, 6.45) is 2.01. The van der Waals surface area contributed by atoms with Crippen molar-refractivity contribution < 1.29 is 24.3 Å². The minimum absolute atomic E-state index is 0.0904. The van der Waals surface area contributed by atoms with Gasteiger partial charge in [0.25, 0.3) is 11.8 Å². The molecule has 0 aromatic heterocycles. The van der Waals surface area contributed by atoms with Crippen LogP contribution in [-0.2, 0) is 19.2 Å². The molecule has 7 nitrogen and oxygen atoms in total. The number of phenols is 1. The van der Waals surface area contributed by atoms with Gasteiger partial charge in [0, 0.05) is 23.0 Å². The highest BCUT2D eigenvalue weighted by Crippen LogP contribution is 2.66. The molecule has 6 atom stereocenters. The number of alkyl halides is 2. The van der Waals surface area contributed by atoms with Gasteiger partial charge < -0.3 is 5.11 Å². The number of amides is 4. The van der Waals surface area contributed by atoms with E-state index >= 15 is 0 Å². The van der Waals surface area contributed by atoms with E-state index in [1.165, 1.54) is 18.0 Å². The number of rotatable bonds is 2. The van der Waals surface area contributed by atoms with Crippen molar-refractivity contribution in [3.05, 3.63) is 70.2 Å². The molecule has 6 unspecified atom stereocenters. The van der Waals surface area contributed by atoms with Crippen molar-refractivity contribution in [1.29, 1.82) is 0 Å². The zero-order valence-corrected chi connectivity index (χ0v) is 22.6. The number of halogens is 3. The van der Waals surface area contributed by atoms with Gasteiger partial charge in [0.2, 0.25) is 11.8 Å². The van der Waals surface area contributed by atoms with Gasteiger partial charge in [-0.05, 0) is 49.1 Å². The first-order chi connectivity index (χ1) is 17.5. The Morgan fingerprint density at radius 2 is 1.68 bits per heavy atom. The molecule has 0 spiro atoms. The molecule has 2 heterocycles. The molecular weight excluding hydrogens is 583 g/mol. The van der Waals surface area contributed by atoms with Crippen LogP contribution in [0.3, 0.4) is 0 Å². The number of carbonyl (C=O) groups is 4. The molecule has 2 saturated heterocycles. The molecule has 4 aliphatic rings. The number of hydrogen-bond acceptors (Lipinski definition) is 5. The van der Waals surface area contributed by atoms with Gasteiger partial charge in [-0.25, -0.2) is 0 Å². The van der Waals surface area contributed by atoms with Crippen LogP contribution in [-0.4, -0.2) is 50.4 Å². The molecule has 2 aromatic carbocycles. The van der Waals surface area contributed by atoms with E-state index in [1.54, 1.807) is 42.5 Å². The average Bonchev–Trinajstić information content (AvgIpc) is 3.21. The van der Waals surface area contributed by atoms with Crippen molar-refractivity contribution in [2.24, 2.45) is 17.8 Å². The number of phenolic OH excluding ortho intramolecular Hbond substituents is 1. The molecule has 0 radical (unpaired) electrons. The predicted molar refractivity (Wildman–Crippen MR) is 140 cm³/mol. The Morgan fingerprint density at radius 1 is 0.973 bits per heavy atom. The lowest BCUT2D eigenvalue weighted by Gasteiger charge is -2.50. The van der Waals surface area contributed by atoms with Crippen molar-refractivity contribution in [3.8, 4) is 5.75 Å². The third-order valence-electron chi connectivity index (χ3n) is 8.33. The zero-order valence-electron chi connectivity index (χ0n) is 19.5. The molecule has 2 aliphatic carbocycles. The van der Waals surface area contributed by atoms with E-state index in [0.717, 1.165) is 4.90 Å². The fourth-order valence-electron chi connectivity index (χ4n) is 6.68. The Kier molecular flexibility index (Phi) is 5.43. The van der Waals surface area contributed by atoms with Crippen molar-refractivity contribution in [2.45, 2.75) is 28.5 Å². The first-order valence-corrected chi connectivity index (χ1v) is 13.4. The van der Waals surface area contributed by atoms with Crippen LogP contribution < -0.4 is 4.90 Å². The molecule has 2 aromatic rings. The fraction of sp³-hybridized carbons (Fsp3) is 0.333. The highest BCUT2D eigenvalue weighted by Gasteiger charge is 2.76. The smallest absolute Gasteiger partial charge is 0.253 e. The van der Waals surface area contributed by atoms with Gasteiger partial charge in [0.15, 0.2) is 9.75 Å². The Hall–Kier alpha value is -2.68. The van der Waals surface area contributed by atoms with Crippen LogP contribution in [0.2, 0.25) is 0 Å². The second-order valence-electron chi connectivity index (χ2n) is 10.0. The number of hydrogen-bond donors (Lipinski definition) is 1. The number of imide groups is 2.